The van der Waals surface area contributed by atoms with Crippen molar-refractivity contribution < 1.29 is 4.79 Å². The molecule has 23 heavy (non-hydrogen) atoms. The Morgan fingerprint density at radius 1 is 1.17 bits per heavy atom. The highest BCUT2D eigenvalue weighted by molar-refractivity contribution is 8.06. The minimum atomic E-state index is -1.53. The van der Waals surface area contributed by atoms with Crippen LogP contribution in [0.1, 0.15) is 12.5 Å². The number of likely N-dealkylation sites (N-methyl/N-ethyl adjacent to an activating group) is 1. The fourth-order valence-electron chi connectivity index (χ4n) is 3.24. The highest BCUT2D eigenvalue weighted by atomic mass is 32.2. The lowest BCUT2D eigenvalue weighted by molar-refractivity contribution is -0.120. The van der Waals surface area contributed by atoms with Crippen molar-refractivity contribution in [2.24, 2.45) is 11.5 Å². The number of carbonyl (C=O) groups is 1. The monoisotopic (exact) mass is 323 g/mol. The van der Waals surface area contributed by atoms with E-state index in [0.717, 1.165) is 11.8 Å². The first-order valence-electron chi connectivity index (χ1n) is 6.93. The molecule has 1 aromatic rings. The second kappa shape index (κ2) is 5.08. The molecule has 0 bridgehead atoms. The van der Waals surface area contributed by atoms with Gasteiger partial charge in [-0.3, -0.25) is 4.79 Å². The molecule has 0 saturated heterocycles. The van der Waals surface area contributed by atoms with E-state index in [-0.39, 0.29) is 27.1 Å². The van der Waals surface area contributed by atoms with Crippen LogP contribution >= 0.6 is 11.8 Å². The number of nitrogens with two attached hydrogens (primary N) is 2. The van der Waals surface area contributed by atoms with E-state index in [4.69, 9.17) is 11.5 Å². The Morgan fingerprint density at radius 2 is 1.74 bits per heavy atom. The van der Waals surface area contributed by atoms with Crippen LogP contribution < -0.4 is 16.4 Å². The van der Waals surface area contributed by atoms with Gasteiger partial charge in [0.25, 0.3) is 0 Å². The van der Waals surface area contributed by atoms with E-state index in [1.165, 1.54) is 0 Å². The maximum absolute atomic E-state index is 13.2. The van der Waals surface area contributed by atoms with Gasteiger partial charge in [0.1, 0.15) is 0 Å². The molecule has 0 saturated carbocycles. The van der Waals surface area contributed by atoms with E-state index >= 15 is 0 Å². The van der Waals surface area contributed by atoms with Crippen molar-refractivity contribution in [3.8, 4) is 12.1 Å². The van der Waals surface area contributed by atoms with Crippen LogP contribution in [0.5, 0.6) is 0 Å². The number of fused-ring (bicyclic) bond motifs is 2. The third-order valence-corrected chi connectivity index (χ3v) is 5.02. The van der Waals surface area contributed by atoms with Crippen molar-refractivity contribution in [1.29, 1.82) is 10.5 Å². The molecule has 4 N–H and O–H groups in total. The van der Waals surface area contributed by atoms with Crippen LogP contribution in [0.25, 0.3) is 0 Å². The summed E-state index contributed by atoms with van der Waals surface area (Å²) >= 11 is 0.952. The maximum Gasteiger partial charge on any atom is 0.248 e. The smallest absolute Gasteiger partial charge is 0.248 e. The van der Waals surface area contributed by atoms with Gasteiger partial charge in [-0.25, -0.2) is 0 Å². The van der Waals surface area contributed by atoms with E-state index in [1.54, 1.807) is 23.1 Å². The number of thioether (sulfide) groups is 1. The number of nitriles is 2. The molecule has 0 aromatic heterocycles. The van der Waals surface area contributed by atoms with Gasteiger partial charge < -0.3 is 16.4 Å². The molecule has 6 nitrogen and oxygen atoms in total. The SMILES string of the molecule is CCN1C(=O)C2(C(C#N)=C(N)SC(N)=C2C#N)c2ccccc21. The first-order chi connectivity index (χ1) is 11.0. The largest absolute Gasteiger partial charge is 0.392 e. The third-order valence-electron chi connectivity index (χ3n) is 4.17. The van der Waals surface area contributed by atoms with Crippen LogP contribution in [0, 0.1) is 22.7 Å². The second-order valence-electron chi connectivity index (χ2n) is 5.12. The molecule has 0 unspecified atom stereocenters. The number of amides is 1. The Labute approximate surface area is 137 Å². The van der Waals surface area contributed by atoms with Crippen LogP contribution in [-0.4, -0.2) is 12.5 Å². The molecule has 1 amide bonds. The molecular weight excluding hydrogens is 310 g/mol. The lowest BCUT2D eigenvalue weighted by atomic mass is 9.70. The molecule has 2 heterocycles. The lowest BCUT2D eigenvalue weighted by Crippen LogP contribution is -2.45. The number of benzene rings is 1. The predicted octanol–water partition coefficient (Wildman–Crippen LogP) is 1.43. The Morgan fingerprint density at radius 3 is 2.26 bits per heavy atom. The molecule has 2 aliphatic rings. The van der Waals surface area contributed by atoms with Crippen LogP contribution in [0.3, 0.4) is 0 Å². The van der Waals surface area contributed by atoms with Crippen LogP contribution in [0.4, 0.5) is 5.69 Å². The topological polar surface area (TPSA) is 120 Å². The van der Waals surface area contributed by atoms with Crippen LogP contribution in [0.15, 0.2) is 45.5 Å². The fraction of sp³-hybridized carbons (Fsp3) is 0.188. The molecule has 2 aliphatic heterocycles. The predicted molar refractivity (Wildman–Crippen MR) is 87.4 cm³/mol. The van der Waals surface area contributed by atoms with Crippen LogP contribution in [-0.2, 0) is 10.2 Å². The molecular formula is C16H13N5OS. The quantitative estimate of drug-likeness (QED) is 0.806. The van der Waals surface area contributed by atoms with E-state index in [0.29, 0.717) is 17.8 Å². The summed E-state index contributed by atoms with van der Waals surface area (Å²) in [5.41, 5.74) is 11.8. The molecule has 7 heteroatoms. The van der Waals surface area contributed by atoms with Crippen LogP contribution in [0.2, 0.25) is 0 Å². The number of hydrogen-bond donors (Lipinski definition) is 2. The normalized spacial score (nSPS) is 18.9. The molecule has 1 spiro atoms. The van der Waals surface area contributed by atoms with E-state index in [9.17, 15) is 15.3 Å². The number of anilines is 1. The fourth-order valence-corrected chi connectivity index (χ4v) is 4.08. The average Bonchev–Trinajstić information content (AvgIpc) is 2.78. The zero-order chi connectivity index (χ0) is 16.8. The molecule has 0 aliphatic carbocycles. The Hall–Kier alpha value is -2.90. The van der Waals surface area contributed by atoms with Crippen molar-refractivity contribution in [3.05, 3.63) is 51.0 Å². The van der Waals surface area contributed by atoms with Crippen molar-refractivity contribution in [3.63, 3.8) is 0 Å². The Bertz CT molecular complexity index is 835. The van der Waals surface area contributed by atoms with Crippen molar-refractivity contribution in [1.82, 2.24) is 0 Å². The summed E-state index contributed by atoms with van der Waals surface area (Å²) in [4.78, 5) is 14.8. The van der Waals surface area contributed by atoms with Crippen molar-refractivity contribution >= 4 is 23.4 Å². The highest BCUT2D eigenvalue weighted by Gasteiger charge is 2.59. The molecule has 0 fully saturated rings. The lowest BCUT2D eigenvalue weighted by Gasteiger charge is -2.32. The van der Waals surface area contributed by atoms with Gasteiger partial charge in [0.05, 0.1) is 33.3 Å². The minimum Gasteiger partial charge on any atom is -0.392 e. The van der Waals surface area contributed by atoms with Gasteiger partial charge in [0, 0.05) is 17.8 Å². The van der Waals surface area contributed by atoms with E-state index in [2.05, 4.69) is 0 Å². The minimum absolute atomic E-state index is 0.0710. The number of rotatable bonds is 1. The summed E-state index contributed by atoms with van der Waals surface area (Å²) in [5.74, 6) is -0.361. The van der Waals surface area contributed by atoms with E-state index in [1.807, 2.05) is 25.1 Å². The van der Waals surface area contributed by atoms with Gasteiger partial charge in [-0.1, -0.05) is 30.0 Å². The summed E-state index contributed by atoms with van der Waals surface area (Å²) in [6.45, 7) is 2.26. The Kier molecular flexibility index (Phi) is 3.32. The Balaban J connectivity index is 2.48. The molecule has 0 radical (unpaired) electrons. The standard InChI is InChI=1S/C16H13N5OS/c1-2-21-12-6-4-3-5-9(12)16(15(21)22)10(7-17)13(19)23-14(20)11(16)8-18/h3-6H,2,19-20H2,1H3. The van der Waals surface area contributed by atoms with Gasteiger partial charge in [0.15, 0.2) is 5.41 Å². The number of carbonyl (C=O) groups excluding carboxylic acids is 1. The molecule has 3 rings (SSSR count). The highest BCUT2D eigenvalue weighted by Crippen LogP contribution is 2.55. The number of nitrogens with zero attached hydrogens (tertiary/aromatic N) is 3. The van der Waals surface area contributed by atoms with Gasteiger partial charge in [0.2, 0.25) is 5.91 Å². The number of para-hydroxylation sites is 1. The summed E-state index contributed by atoms with van der Waals surface area (Å²) < 4.78 is 0. The summed E-state index contributed by atoms with van der Waals surface area (Å²) in [5, 5.41) is 19.6. The van der Waals surface area contributed by atoms with Gasteiger partial charge in [-0.2, -0.15) is 10.5 Å². The molecule has 0 atom stereocenters. The van der Waals surface area contributed by atoms with Gasteiger partial charge in [-0.15, -0.1) is 0 Å². The number of hydrogen-bond acceptors (Lipinski definition) is 6. The summed E-state index contributed by atoms with van der Waals surface area (Å²) in [6.07, 6.45) is 0. The molecule has 1 aromatic carbocycles. The average molecular weight is 323 g/mol. The maximum atomic E-state index is 13.2. The van der Waals surface area contributed by atoms with E-state index < -0.39 is 5.41 Å². The van der Waals surface area contributed by atoms with Gasteiger partial charge >= 0.3 is 0 Å². The summed E-state index contributed by atoms with van der Waals surface area (Å²) in [7, 11) is 0. The van der Waals surface area contributed by atoms with Crippen molar-refractivity contribution in [2.45, 2.75) is 12.3 Å². The van der Waals surface area contributed by atoms with Gasteiger partial charge in [-0.05, 0) is 13.0 Å². The van der Waals surface area contributed by atoms with Crippen molar-refractivity contribution in [2.75, 3.05) is 11.4 Å². The molecule has 114 valence electrons. The third kappa shape index (κ3) is 1.65. The first-order valence-corrected chi connectivity index (χ1v) is 7.75. The summed E-state index contributed by atoms with van der Waals surface area (Å²) in [6, 6.07) is 11.2. The zero-order valence-corrected chi connectivity index (χ0v) is 13.1. The zero-order valence-electron chi connectivity index (χ0n) is 12.3. The second-order valence-corrected chi connectivity index (χ2v) is 6.20. The first kappa shape index (κ1) is 15.0.